The molecule has 0 radical (unpaired) electrons. The molecule has 0 aromatic heterocycles. The Hall–Kier alpha value is -1.10. The minimum Gasteiger partial charge on any atom is -0.480 e. The van der Waals surface area contributed by atoms with E-state index in [1.165, 1.54) is 0 Å². The molecule has 0 aliphatic rings. The summed E-state index contributed by atoms with van der Waals surface area (Å²) in [4.78, 5) is 21.3. The van der Waals surface area contributed by atoms with Gasteiger partial charge in [0.25, 0.3) is 0 Å². The van der Waals surface area contributed by atoms with Crippen molar-refractivity contribution in [3.63, 3.8) is 0 Å². The van der Waals surface area contributed by atoms with E-state index in [1.807, 2.05) is 0 Å². The number of ether oxygens (including phenoxy) is 1. The highest BCUT2D eigenvalue weighted by atomic mass is 16.5. The lowest BCUT2D eigenvalue weighted by molar-refractivity contribution is -0.140. The summed E-state index contributed by atoms with van der Waals surface area (Å²) < 4.78 is 5.08. The molecule has 13 heavy (non-hydrogen) atoms. The summed E-state index contributed by atoms with van der Waals surface area (Å²) in [7, 11) is 0. The lowest BCUT2D eigenvalue weighted by atomic mass is 10.2. The van der Waals surface area contributed by atoms with Crippen LogP contribution in [0.1, 0.15) is 20.3 Å². The van der Waals surface area contributed by atoms with Gasteiger partial charge in [-0.2, -0.15) is 0 Å². The number of carbonyl (C=O) groups excluding carboxylic acids is 1. The summed E-state index contributed by atoms with van der Waals surface area (Å²) >= 11 is 0. The van der Waals surface area contributed by atoms with E-state index < -0.39 is 12.1 Å². The molecule has 0 spiro atoms. The molecule has 1 unspecified atom stereocenters. The van der Waals surface area contributed by atoms with E-state index in [1.54, 1.807) is 13.8 Å². The van der Waals surface area contributed by atoms with Gasteiger partial charge in [0.2, 0.25) is 5.91 Å². The Morgan fingerprint density at radius 1 is 1.46 bits per heavy atom. The van der Waals surface area contributed by atoms with E-state index in [9.17, 15) is 9.59 Å². The average molecular weight is 189 g/mol. The van der Waals surface area contributed by atoms with Crippen LogP contribution >= 0.6 is 0 Å². The lowest BCUT2D eigenvalue weighted by Gasteiger charge is -2.13. The van der Waals surface area contributed by atoms with Gasteiger partial charge in [0.15, 0.2) is 0 Å². The summed E-state index contributed by atoms with van der Waals surface area (Å²) in [6, 6.07) is 0. The number of rotatable bonds is 6. The van der Waals surface area contributed by atoms with Crippen LogP contribution in [0.15, 0.2) is 0 Å². The molecule has 0 bridgehead atoms. The van der Waals surface area contributed by atoms with Gasteiger partial charge in [0, 0.05) is 6.61 Å². The molecule has 0 heterocycles. The van der Waals surface area contributed by atoms with Crippen LogP contribution in [0.3, 0.4) is 0 Å². The Kier molecular flexibility index (Phi) is 5.88. The maximum Gasteiger partial charge on any atom is 0.322 e. The highest BCUT2D eigenvalue weighted by molar-refractivity contribution is 5.84. The largest absolute Gasteiger partial charge is 0.480 e. The zero-order valence-electron chi connectivity index (χ0n) is 7.87. The van der Waals surface area contributed by atoms with Crippen LogP contribution in [0.2, 0.25) is 0 Å². The molecule has 5 heteroatoms. The van der Waals surface area contributed by atoms with Crippen molar-refractivity contribution in [1.82, 2.24) is 5.32 Å². The molecule has 0 aromatic carbocycles. The fourth-order valence-corrected chi connectivity index (χ4v) is 0.857. The van der Waals surface area contributed by atoms with Crippen LogP contribution in [0.25, 0.3) is 0 Å². The van der Waals surface area contributed by atoms with Crippen LogP contribution < -0.4 is 5.32 Å². The van der Waals surface area contributed by atoms with Crippen LogP contribution in [-0.4, -0.2) is 36.2 Å². The van der Waals surface area contributed by atoms with Gasteiger partial charge in [0.1, 0.15) is 12.6 Å². The average Bonchev–Trinajstić information content (AvgIpc) is 2.10. The topological polar surface area (TPSA) is 75.6 Å². The highest BCUT2D eigenvalue weighted by Crippen LogP contribution is 1.97. The van der Waals surface area contributed by atoms with Gasteiger partial charge in [-0.15, -0.1) is 0 Å². The van der Waals surface area contributed by atoms with Gasteiger partial charge in [-0.1, -0.05) is 6.92 Å². The molecule has 2 N–H and O–H groups in total. The Labute approximate surface area is 77.1 Å². The molecular weight excluding hydrogens is 174 g/mol. The summed E-state index contributed by atoms with van der Waals surface area (Å²) in [6.45, 7) is 3.68. The number of carboxylic acids is 1. The van der Waals surface area contributed by atoms with Gasteiger partial charge in [-0.3, -0.25) is 9.59 Å². The minimum absolute atomic E-state index is 0.359. The minimum atomic E-state index is -1.06. The van der Waals surface area contributed by atoms with E-state index >= 15 is 0 Å². The van der Waals surface area contributed by atoms with Crippen molar-refractivity contribution in [3.8, 4) is 0 Å². The molecule has 0 rings (SSSR count). The maximum atomic E-state index is 11.2. The fourth-order valence-electron chi connectivity index (χ4n) is 0.857. The molecule has 0 aliphatic carbocycles. The maximum absolute atomic E-state index is 11.2. The number of carbonyl (C=O) groups is 2. The van der Waals surface area contributed by atoms with Crippen molar-refractivity contribution in [2.45, 2.75) is 26.4 Å². The Balaban J connectivity index is 3.84. The van der Waals surface area contributed by atoms with Crippen LogP contribution in [0, 0.1) is 0 Å². The van der Waals surface area contributed by atoms with E-state index in [0.29, 0.717) is 13.0 Å². The van der Waals surface area contributed by atoms with Crippen molar-refractivity contribution in [2.75, 3.05) is 13.2 Å². The summed E-state index contributed by atoms with van der Waals surface area (Å²) in [5.41, 5.74) is 0. The van der Waals surface area contributed by atoms with Crippen LogP contribution in [0.5, 0.6) is 0 Å². The lowest BCUT2D eigenvalue weighted by Crippen LogP contribution is -2.38. The van der Waals surface area contributed by atoms with Crippen molar-refractivity contribution in [3.05, 3.63) is 0 Å². The first-order valence-corrected chi connectivity index (χ1v) is 4.22. The molecule has 76 valence electrons. The molecule has 5 nitrogen and oxygen atoms in total. The smallest absolute Gasteiger partial charge is 0.322 e. The molecule has 0 aromatic rings. The van der Waals surface area contributed by atoms with Gasteiger partial charge in [0.05, 0.1) is 0 Å². The van der Waals surface area contributed by atoms with Gasteiger partial charge in [-0.25, -0.2) is 0 Å². The second-order valence-electron chi connectivity index (χ2n) is 2.46. The number of aliphatic carboxylic acids is 1. The summed E-state index contributed by atoms with van der Waals surface area (Å²) in [6.07, 6.45) is 0.00333. The van der Waals surface area contributed by atoms with E-state index in [-0.39, 0.29) is 12.5 Å². The third-order valence-electron chi connectivity index (χ3n) is 1.44. The number of hydrogen-bond acceptors (Lipinski definition) is 3. The molecule has 0 saturated heterocycles. The number of carboxylic acid groups (broad SMARTS) is 1. The standard InChI is InChI=1S/C8H15NO4/c1-3-6(13-4-2)8(12)9-5-7(10)11/h6H,3-5H2,1-2H3,(H,9,12)(H,10,11). The predicted octanol–water partition coefficient (Wildman–Crippen LogP) is 0.00230. The third-order valence-corrected chi connectivity index (χ3v) is 1.44. The summed E-state index contributed by atoms with van der Waals surface area (Å²) in [5.74, 6) is -1.42. The summed E-state index contributed by atoms with van der Waals surface area (Å²) in [5, 5.41) is 10.5. The normalized spacial score (nSPS) is 12.2. The van der Waals surface area contributed by atoms with Crippen molar-refractivity contribution in [1.29, 1.82) is 0 Å². The van der Waals surface area contributed by atoms with E-state index in [4.69, 9.17) is 9.84 Å². The molecular formula is C8H15NO4. The zero-order chi connectivity index (χ0) is 10.3. The molecule has 1 amide bonds. The number of hydrogen-bond donors (Lipinski definition) is 2. The fraction of sp³-hybridized carbons (Fsp3) is 0.750. The van der Waals surface area contributed by atoms with E-state index in [2.05, 4.69) is 5.32 Å². The zero-order valence-corrected chi connectivity index (χ0v) is 7.87. The van der Waals surface area contributed by atoms with Gasteiger partial charge >= 0.3 is 5.97 Å². The second kappa shape index (κ2) is 6.42. The predicted molar refractivity (Wildman–Crippen MR) is 46.4 cm³/mol. The van der Waals surface area contributed by atoms with Crippen LogP contribution in [-0.2, 0) is 14.3 Å². The van der Waals surface area contributed by atoms with Gasteiger partial charge in [-0.05, 0) is 13.3 Å². The molecule has 0 saturated carbocycles. The van der Waals surface area contributed by atoms with Crippen molar-refractivity contribution in [2.24, 2.45) is 0 Å². The van der Waals surface area contributed by atoms with Crippen LogP contribution in [0.4, 0.5) is 0 Å². The molecule has 0 fully saturated rings. The highest BCUT2D eigenvalue weighted by Gasteiger charge is 2.16. The molecule has 0 aliphatic heterocycles. The van der Waals surface area contributed by atoms with Gasteiger partial charge < -0.3 is 15.2 Å². The second-order valence-corrected chi connectivity index (χ2v) is 2.46. The SMILES string of the molecule is CCOC(CC)C(=O)NCC(=O)O. The first kappa shape index (κ1) is 11.9. The Bertz CT molecular complexity index is 181. The monoisotopic (exact) mass is 189 g/mol. The quantitative estimate of drug-likeness (QED) is 0.616. The van der Waals surface area contributed by atoms with Crippen molar-refractivity contribution >= 4 is 11.9 Å². The first-order valence-electron chi connectivity index (χ1n) is 4.22. The Morgan fingerprint density at radius 3 is 2.46 bits per heavy atom. The number of amides is 1. The van der Waals surface area contributed by atoms with Crippen molar-refractivity contribution < 1.29 is 19.4 Å². The Morgan fingerprint density at radius 2 is 2.08 bits per heavy atom. The number of nitrogens with one attached hydrogen (secondary N) is 1. The van der Waals surface area contributed by atoms with E-state index in [0.717, 1.165) is 0 Å². The third kappa shape index (κ3) is 5.19. The first-order chi connectivity index (χ1) is 6.11. The molecule has 1 atom stereocenters.